The molecule has 1 saturated heterocycles. The average Bonchev–Trinajstić information content (AvgIpc) is 3.16. The topological polar surface area (TPSA) is 65.5 Å². The number of aromatic nitrogens is 1. The number of hydrogen-bond acceptors (Lipinski definition) is 4. The van der Waals surface area contributed by atoms with Gasteiger partial charge in [-0.05, 0) is 37.8 Å². The molecule has 0 radical (unpaired) electrons. The molecule has 2 aromatic rings. The van der Waals surface area contributed by atoms with Crippen LogP contribution in [0.4, 0.5) is 4.79 Å². The minimum atomic E-state index is -0.960. The zero-order valence-corrected chi connectivity index (χ0v) is 15.8. The lowest BCUT2D eigenvalue weighted by molar-refractivity contribution is 0.0487. The van der Waals surface area contributed by atoms with Crippen LogP contribution >= 0.6 is 11.3 Å². The minimum absolute atomic E-state index is 0.127. The maximum absolute atomic E-state index is 12.5. The average molecular weight is 359 g/mol. The van der Waals surface area contributed by atoms with E-state index in [0.29, 0.717) is 26.1 Å². The van der Waals surface area contributed by atoms with E-state index in [4.69, 9.17) is 0 Å². The Morgan fingerprint density at radius 2 is 2.16 bits per heavy atom. The van der Waals surface area contributed by atoms with Crippen LogP contribution in [0.3, 0.4) is 0 Å². The molecule has 5 nitrogen and oxygen atoms in total. The predicted octanol–water partition coefficient (Wildman–Crippen LogP) is 3.13. The van der Waals surface area contributed by atoms with Crippen LogP contribution in [0.25, 0.3) is 0 Å². The van der Waals surface area contributed by atoms with E-state index in [0.717, 1.165) is 33.1 Å². The summed E-state index contributed by atoms with van der Waals surface area (Å²) in [6.45, 7) is 7.42. The molecule has 1 unspecified atom stereocenters. The number of benzene rings is 1. The number of aliphatic hydroxyl groups is 1. The molecule has 0 spiro atoms. The van der Waals surface area contributed by atoms with Crippen LogP contribution in [0.15, 0.2) is 24.3 Å². The highest BCUT2D eigenvalue weighted by atomic mass is 32.1. The molecule has 0 bridgehead atoms. The van der Waals surface area contributed by atoms with Crippen molar-refractivity contribution < 1.29 is 9.90 Å². The second-order valence-corrected chi connectivity index (χ2v) is 7.92. The first-order valence-corrected chi connectivity index (χ1v) is 9.51. The quantitative estimate of drug-likeness (QED) is 0.881. The fourth-order valence-electron chi connectivity index (χ4n) is 3.48. The number of β-amino-alcohol motifs (C(OH)–C–C–N with tert-alkyl or cyclic N) is 1. The van der Waals surface area contributed by atoms with Crippen molar-refractivity contribution in [1.82, 2.24) is 15.2 Å². The summed E-state index contributed by atoms with van der Waals surface area (Å²) >= 11 is 1.63. The number of carbonyl (C=O) groups excluding carboxylic acids is 1. The molecule has 134 valence electrons. The first-order valence-electron chi connectivity index (χ1n) is 8.69. The van der Waals surface area contributed by atoms with Crippen molar-refractivity contribution in [2.24, 2.45) is 0 Å². The zero-order valence-electron chi connectivity index (χ0n) is 15.0. The van der Waals surface area contributed by atoms with E-state index in [1.165, 1.54) is 0 Å². The fraction of sp³-hybridized carbons (Fsp3) is 0.474. The molecule has 1 aromatic carbocycles. The van der Waals surface area contributed by atoms with Gasteiger partial charge >= 0.3 is 6.03 Å². The highest BCUT2D eigenvalue weighted by Gasteiger charge is 2.40. The lowest BCUT2D eigenvalue weighted by Gasteiger charge is -2.25. The third kappa shape index (κ3) is 3.70. The molecule has 1 aliphatic heterocycles. The number of urea groups is 1. The largest absolute Gasteiger partial charge is 0.383 e. The monoisotopic (exact) mass is 359 g/mol. The van der Waals surface area contributed by atoms with Gasteiger partial charge in [0.1, 0.15) is 5.60 Å². The summed E-state index contributed by atoms with van der Waals surface area (Å²) in [6, 6.07) is 7.71. The maximum Gasteiger partial charge on any atom is 0.317 e. The molecule has 2 heterocycles. The molecule has 1 aliphatic rings. The molecule has 3 rings (SSSR count). The van der Waals surface area contributed by atoms with Gasteiger partial charge in [-0.25, -0.2) is 9.78 Å². The van der Waals surface area contributed by atoms with Crippen molar-refractivity contribution in [1.29, 1.82) is 0 Å². The first-order chi connectivity index (χ1) is 11.9. The Bertz CT molecular complexity index is 774. The standard InChI is InChI=1S/C19H25N3O2S/c1-4-16-17(25-14(3)21-16)11-20-18(23)22-10-9-19(24,12-22)15-8-6-5-7-13(15)2/h5-8,24H,4,9-12H2,1-3H3,(H,20,23). The number of nitrogens with zero attached hydrogens (tertiary/aromatic N) is 2. The Kier molecular flexibility index (Phi) is 5.11. The van der Waals surface area contributed by atoms with Gasteiger partial charge in [0.15, 0.2) is 0 Å². The highest BCUT2D eigenvalue weighted by molar-refractivity contribution is 7.11. The Hall–Kier alpha value is -1.92. The Morgan fingerprint density at radius 3 is 2.88 bits per heavy atom. The molecule has 25 heavy (non-hydrogen) atoms. The fourth-order valence-corrected chi connectivity index (χ4v) is 4.44. The van der Waals surface area contributed by atoms with E-state index in [-0.39, 0.29) is 6.03 Å². The molecular weight excluding hydrogens is 334 g/mol. The summed E-state index contributed by atoms with van der Waals surface area (Å²) in [5, 5.41) is 15.0. The summed E-state index contributed by atoms with van der Waals surface area (Å²) in [5.74, 6) is 0. The van der Waals surface area contributed by atoms with E-state index in [2.05, 4.69) is 17.2 Å². The van der Waals surface area contributed by atoms with Crippen LogP contribution in [0, 0.1) is 13.8 Å². The van der Waals surface area contributed by atoms with Crippen LogP contribution in [0.5, 0.6) is 0 Å². The summed E-state index contributed by atoms with van der Waals surface area (Å²) in [4.78, 5) is 19.8. The number of aryl methyl sites for hydroxylation is 3. The smallest absolute Gasteiger partial charge is 0.317 e. The van der Waals surface area contributed by atoms with Gasteiger partial charge in [0.25, 0.3) is 0 Å². The number of likely N-dealkylation sites (tertiary alicyclic amines) is 1. The van der Waals surface area contributed by atoms with Crippen molar-refractivity contribution >= 4 is 17.4 Å². The van der Waals surface area contributed by atoms with Gasteiger partial charge in [-0.15, -0.1) is 11.3 Å². The number of carbonyl (C=O) groups is 1. The number of nitrogens with one attached hydrogen (secondary N) is 1. The minimum Gasteiger partial charge on any atom is -0.383 e. The van der Waals surface area contributed by atoms with Gasteiger partial charge in [0, 0.05) is 11.4 Å². The second-order valence-electron chi connectivity index (χ2n) is 6.63. The van der Waals surface area contributed by atoms with Gasteiger partial charge in [0.05, 0.1) is 23.8 Å². The van der Waals surface area contributed by atoms with Gasteiger partial charge in [-0.2, -0.15) is 0 Å². The molecule has 0 saturated carbocycles. The summed E-state index contributed by atoms with van der Waals surface area (Å²) in [6.07, 6.45) is 1.43. The van der Waals surface area contributed by atoms with E-state index >= 15 is 0 Å². The van der Waals surface area contributed by atoms with Crippen LogP contribution in [-0.4, -0.2) is 34.1 Å². The van der Waals surface area contributed by atoms with Crippen LogP contribution < -0.4 is 5.32 Å². The van der Waals surface area contributed by atoms with Crippen LogP contribution in [0.2, 0.25) is 0 Å². The van der Waals surface area contributed by atoms with E-state index in [1.807, 2.05) is 38.1 Å². The maximum atomic E-state index is 12.5. The number of hydrogen-bond donors (Lipinski definition) is 2. The van der Waals surface area contributed by atoms with E-state index in [9.17, 15) is 9.90 Å². The lowest BCUT2D eigenvalue weighted by Crippen LogP contribution is -2.40. The molecule has 1 aromatic heterocycles. The molecule has 6 heteroatoms. The number of amides is 2. The summed E-state index contributed by atoms with van der Waals surface area (Å²) in [5.41, 5.74) is 2.07. The molecule has 1 fully saturated rings. The van der Waals surface area contributed by atoms with Crippen LogP contribution in [0.1, 0.15) is 40.1 Å². The zero-order chi connectivity index (χ0) is 18.0. The summed E-state index contributed by atoms with van der Waals surface area (Å²) < 4.78 is 0. The first kappa shape index (κ1) is 17.9. The third-order valence-corrected chi connectivity index (χ3v) is 5.81. The Labute approximate surface area is 152 Å². The number of thiazole rings is 1. The van der Waals surface area contributed by atoms with Crippen molar-refractivity contribution in [3.63, 3.8) is 0 Å². The van der Waals surface area contributed by atoms with Crippen molar-refractivity contribution in [3.05, 3.63) is 51.0 Å². The van der Waals surface area contributed by atoms with E-state index in [1.54, 1.807) is 16.2 Å². The van der Waals surface area contributed by atoms with Crippen molar-refractivity contribution in [2.45, 2.75) is 45.8 Å². The lowest BCUT2D eigenvalue weighted by atomic mass is 9.89. The van der Waals surface area contributed by atoms with Gasteiger partial charge in [-0.3, -0.25) is 0 Å². The predicted molar refractivity (Wildman–Crippen MR) is 99.7 cm³/mol. The van der Waals surface area contributed by atoms with Crippen molar-refractivity contribution in [3.8, 4) is 0 Å². The van der Waals surface area contributed by atoms with Gasteiger partial charge in [0.2, 0.25) is 0 Å². The normalized spacial score (nSPS) is 20.1. The second kappa shape index (κ2) is 7.14. The summed E-state index contributed by atoms with van der Waals surface area (Å²) in [7, 11) is 0. The van der Waals surface area contributed by atoms with Crippen LogP contribution in [-0.2, 0) is 18.6 Å². The Balaban J connectivity index is 1.64. The van der Waals surface area contributed by atoms with E-state index < -0.39 is 5.60 Å². The number of rotatable bonds is 4. The van der Waals surface area contributed by atoms with Gasteiger partial charge in [-0.1, -0.05) is 31.2 Å². The molecule has 2 amide bonds. The molecular formula is C19H25N3O2S. The highest BCUT2D eigenvalue weighted by Crippen LogP contribution is 2.33. The third-order valence-electron chi connectivity index (χ3n) is 4.80. The van der Waals surface area contributed by atoms with Gasteiger partial charge < -0.3 is 15.3 Å². The molecule has 0 aliphatic carbocycles. The SMILES string of the molecule is CCc1nc(C)sc1CNC(=O)N1CCC(O)(c2ccccc2C)C1. The molecule has 1 atom stereocenters. The molecule has 2 N–H and O–H groups in total. The van der Waals surface area contributed by atoms with Crippen molar-refractivity contribution in [2.75, 3.05) is 13.1 Å². The Morgan fingerprint density at radius 1 is 1.40 bits per heavy atom.